The van der Waals surface area contributed by atoms with Crippen LogP contribution in [0.15, 0.2) is 48.9 Å². The van der Waals surface area contributed by atoms with Gasteiger partial charge in [0.2, 0.25) is 0 Å². The van der Waals surface area contributed by atoms with E-state index in [1.807, 2.05) is 58.0 Å². The van der Waals surface area contributed by atoms with E-state index in [9.17, 15) is 4.55 Å². The molecule has 0 saturated carbocycles. The average molecular weight is 639 g/mol. The first-order valence-electron chi connectivity index (χ1n) is 14.8. The standard InChI is InChI=1S/C32H46N6O4SSi/c1-22(37-43(39)31(2,3)4)26-12-11-13-27(36-26)23-16-28-25(29(17-23)41-15-14-40-8)19-34-38(28)30-20-33-18-24(35-30)21-42-44(9,10)32(5,6)7/h11-13,16-20,22,37H,14-15,21H2,1-10H3/t22-,43?/m0/s1. The van der Waals surface area contributed by atoms with Crippen LogP contribution >= 0.6 is 0 Å². The number of benzene rings is 1. The maximum atomic E-state index is 12.7. The maximum Gasteiger partial charge on any atom is 0.192 e. The van der Waals surface area contributed by atoms with E-state index in [0.29, 0.717) is 31.4 Å². The molecule has 0 fully saturated rings. The van der Waals surface area contributed by atoms with Gasteiger partial charge in [-0.25, -0.2) is 9.67 Å². The molecule has 0 spiro atoms. The number of fused-ring (bicyclic) bond motifs is 1. The smallest absolute Gasteiger partial charge is 0.192 e. The van der Waals surface area contributed by atoms with Crippen LogP contribution in [0, 0.1) is 0 Å². The van der Waals surface area contributed by atoms with Gasteiger partial charge in [-0.05, 0) is 70.1 Å². The monoisotopic (exact) mass is 638 g/mol. The number of methoxy groups -OCH3 is 1. The Morgan fingerprint density at radius 1 is 1.02 bits per heavy atom. The van der Waals surface area contributed by atoms with E-state index >= 15 is 0 Å². The highest BCUT2D eigenvalue weighted by Gasteiger charge is 2.37. The molecule has 2 atom stereocenters. The summed E-state index contributed by atoms with van der Waals surface area (Å²) in [5.74, 6) is 1.25. The van der Waals surface area contributed by atoms with E-state index in [2.05, 4.69) is 48.7 Å². The topological polar surface area (TPSA) is 119 Å². The highest BCUT2D eigenvalue weighted by atomic mass is 32.2. The van der Waals surface area contributed by atoms with E-state index in [0.717, 1.165) is 33.5 Å². The van der Waals surface area contributed by atoms with Crippen LogP contribution in [0.25, 0.3) is 28.0 Å². The minimum Gasteiger partial charge on any atom is -0.598 e. The summed E-state index contributed by atoms with van der Waals surface area (Å²) in [6.07, 6.45) is 5.21. The minimum absolute atomic E-state index is 0.0920. The Labute approximate surface area is 265 Å². The highest BCUT2D eigenvalue weighted by molar-refractivity contribution is 7.90. The molecule has 0 aliphatic rings. The summed E-state index contributed by atoms with van der Waals surface area (Å²) in [5, 5.41) is 5.61. The van der Waals surface area contributed by atoms with E-state index in [-0.39, 0.29) is 15.8 Å². The molecule has 238 valence electrons. The van der Waals surface area contributed by atoms with Crippen molar-refractivity contribution in [3.63, 3.8) is 0 Å². The third kappa shape index (κ3) is 8.04. The van der Waals surface area contributed by atoms with Crippen molar-refractivity contribution in [2.75, 3.05) is 20.3 Å². The van der Waals surface area contributed by atoms with Gasteiger partial charge in [0.25, 0.3) is 0 Å². The lowest BCUT2D eigenvalue weighted by Crippen LogP contribution is -2.40. The molecular weight excluding hydrogens is 593 g/mol. The molecule has 0 aliphatic carbocycles. The van der Waals surface area contributed by atoms with Gasteiger partial charge in [-0.3, -0.25) is 9.97 Å². The Kier molecular flexibility index (Phi) is 10.5. The molecule has 0 saturated heterocycles. The van der Waals surface area contributed by atoms with Gasteiger partial charge in [-0.2, -0.15) is 5.10 Å². The van der Waals surface area contributed by atoms with Gasteiger partial charge in [0, 0.05) is 24.0 Å². The lowest BCUT2D eigenvalue weighted by Gasteiger charge is -2.36. The summed E-state index contributed by atoms with van der Waals surface area (Å²) in [5.41, 5.74) is 3.94. The fourth-order valence-corrected chi connectivity index (χ4v) is 5.80. The second-order valence-electron chi connectivity index (χ2n) is 13.4. The first-order chi connectivity index (χ1) is 20.6. The number of rotatable bonds is 12. The molecule has 12 heteroatoms. The fraction of sp³-hybridized carbons (Fsp3) is 0.500. The van der Waals surface area contributed by atoms with Crippen molar-refractivity contribution in [3.8, 4) is 22.8 Å². The van der Waals surface area contributed by atoms with E-state index in [1.165, 1.54) is 0 Å². The van der Waals surface area contributed by atoms with Crippen LogP contribution in [-0.2, 0) is 27.1 Å². The molecule has 0 aliphatic heterocycles. The van der Waals surface area contributed by atoms with Crippen molar-refractivity contribution < 1.29 is 18.5 Å². The van der Waals surface area contributed by atoms with E-state index in [4.69, 9.17) is 23.9 Å². The molecular formula is C32H46N6O4SSi. The van der Waals surface area contributed by atoms with Gasteiger partial charge in [0.1, 0.15) is 17.1 Å². The maximum absolute atomic E-state index is 12.7. The predicted octanol–water partition coefficient (Wildman–Crippen LogP) is 6.54. The number of hydrogen-bond acceptors (Lipinski definition) is 9. The van der Waals surface area contributed by atoms with Crippen molar-refractivity contribution in [2.45, 2.75) is 84.0 Å². The molecule has 4 aromatic rings. The second-order valence-corrected chi connectivity index (χ2v) is 20.2. The number of nitrogens with zero attached hydrogens (tertiary/aromatic N) is 5. The summed E-state index contributed by atoms with van der Waals surface area (Å²) in [6, 6.07) is 9.64. The molecule has 0 radical (unpaired) electrons. The van der Waals surface area contributed by atoms with Crippen LogP contribution in [0.2, 0.25) is 18.1 Å². The quantitative estimate of drug-likeness (QED) is 0.105. The van der Waals surface area contributed by atoms with Crippen molar-refractivity contribution >= 4 is 30.6 Å². The molecule has 4 rings (SSSR count). The molecule has 3 aromatic heterocycles. The number of ether oxygens (including phenoxy) is 2. The molecule has 0 bridgehead atoms. The largest absolute Gasteiger partial charge is 0.598 e. The van der Waals surface area contributed by atoms with Crippen molar-refractivity contribution in [2.24, 2.45) is 0 Å². The van der Waals surface area contributed by atoms with Gasteiger partial charge in [-0.1, -0.05) is 26.8 Å². The van der Waals surface area contributed by atoms with Gasteiger partial charge in [0.15, 0.2) is 14.1 Å². The Balaban J connectivity index is 1.72. The van der Waals surface area contributed by atoms with Gasteiger partial charge < -0.3 is 18.5 Å². The molecule has 1 aromatic carbocycles. The Bertz CT molecular complexity index is 1570. The summed E-state index contributed by atoms with van der Waals surface area (Å²) >= 11 is -1.23. The van der Waals surface area contributed by atoms with Gasteiger partial charge in [0.05, 0.1) is 65.8 Å². The molecule has 44 heavy (non-hydrogen) atoms. The lowest BCUT2D eigenvalue weighted by atomic mass is 10.1. The van der Waals surface area contributed by atoms with Crippen molar-refractivity contribution in [1.29, 1.82) is 0 Å². The zero-order valence-corrected chi connectivity index (χ0v) is 29.4. The van der Waals surface area contributed by atoms with Crippen LogP contribution in [0.1, 0.15) is 65.9 Å². The minimum atomic E-state index is -1.96. The van der Waals surface area contributed by atoms with E-state index in [1.54, 1.807) is 30.4 Å². The fourth-order valence-electron chi connectivity index (χ4n) is 4.07. The Morgan fingerprint density at radius 3 is 2.45 bits per heavy atom. The summed E-state index contributed by atoms with van der Waals surface area (Å²) in [7, 11) is -0.316. The number of pyridine rings is 1. The number of nitrogens with one attached hydrogen (secondary N) is 1. The molecule has 1 N–H and O–H groups in total. The van der Waals surface area contributed by atoms with E-state index < -0.39 is 19.7 Å². The number of hydrogen-bond donors (Lipinski definition) is 1. The lowest BCUT2D eigenvalue weighted by molar-refractivity contribution is 0.147. The summed E-state index contributed by atoms with van der Waals surface area (Å²) in [6.45, 7) is 20.1. The normalized spacial score (nSPS) is 14.2. The molecule has 0 amide bonds. The Morgan fingerprint density at radius 2 is 1.77 bits per heavy atom. The van der Waals surface area contributed by atoms with Gasteiger partial charge in [-0.15, -0.1) is 4.72 Å². The van der Waals surface area contributed by atoms with Crippen molar-refractivity contribution in [1.82, 2.24) is 29.5 Å². The van der Waals surface area contributed by atoms with Crippen LogP contribution in [0.3, 0.4) is 0 Å². The van der Waals surface area contributed by atoms with Crippen LogP contribution < -0.4 is 9.46 Å². The second kappa shape index (κ2) is 13.6. The van der Waals surface area contributed by atoms with Gasteiger partial charge >= 0.3 is 0 Å². The molecule has 3 heterocycles. The first-order valence-corrected chi connectivity index (χ1v) is 18.9. The third-order valence-corrected chi connectivity index (χ3v) is 14.0. The third-order valence-electron chi connectivity index (χ3n) is 7.82. The summed E-state index contributed by atoms with van der Waals surface area (Å²) in [4.78, 5) is 14.3. The predicted molar refractivity (Wildman–Crippen MR) is 179 cm³/mol. The van der Waals surface area contributed by atoms with Crippen LogP contribution in [0.5, 0.6) is 5.75 Å². The zero-order valence-electron chi connectivity index (χ0n) is 27.6. The van der Waals surface area contributed by atoms with Crippen LogP contribution in [0.4, 0.5) is 0 Å². The SMILES string of the molecule is COCCOc1cc(-c2cccc([C@H](C)N[S+]([O-])C(C)(C)C)n2)cc2c1cnn2-c1cncc(CO[Si](C)(C)C(C)(C)C)n1. The van der Waals surface area contributed by atoms with Crippen molar-refractivity contribution in [3.05, 3.63) is 60.3 Å². The van der Waals surface area contributed by atoms with Crippen LogP contribution in [-0.4, -0.2) is 62.7 Å². The Hall–Kier alpha value is -2.87. The zero-order chi connectivity index (χ0) is 32.3. The highest BCUT2D eigenvalue weighted by Crippen LogP contribution is 2.37. The average Bonchev–Trinajstić information content (AvgIpc) is 3.40. The first kappa shape index (κ1) is 34.0. The molecule has 10 nitrogen and oxygen atoms in total. The summed E-state index contributed by atoms with van der Waals surface area (Å²) < 4.78 is 35.1. The number of aromatic nitrogens is 5. The molecule has 1 unspecified atom stereocenters.